The standard InChI is InChI=1S/C19H16BrN3O2/c1-25-18-7-3-6-16(10-18)22-17-8-13(11-21-12-17)19(24)23-15-5-2-4-14(20)9-15/h2-12,22H,1H3,(H,23,24). The average molecular weight is 398 g/mol. The summed E-state index contributed by atoms with van der Waals surface area (Å²) in [6, 6.07) is 16.7. The normalized spacial score (nSPS) is 10.2. The number of ether oxygens (including phenoxy) is 1. The Balaban J connectivity index is 1.75. The third-order valence-electron chi connectivity index (χ3n) is 3.44. The highest BCUT2D eigenvalue weighted by molar-refractivity contribution is 9.10. The van der Waals surface area contributed by atoms with Crippen molar-refractivity contribution in [2.75, 3.05) is 17.7 Å². The highest BCUT2D eigenvalue weighted by Crippen LogP contribution is 2.22. The van der Waals surface area contributed by atoms with Crippen molar-refractivity contribution in [2.45, 2.75) is 0 Å². The Morgan fingerprint density at radius 1 is 1.00 bits per heavy atom. The van der Waals surface area contributed by atoms with Gasteiger partial charge in [0, 0.05) is 28.1 Å². The van der Waals surface area contributed by atoms with Gasteiger partial charge in [-0.3, -0.25) is 9.78 Å². The van der Waals surface area contributed by atoms with Crippen LogP contribution in [0.15, 0.2) is 71.5 Å². The fourth-order valence-electron chi connectivity index (χ4n) is 2.27. The molecule has 2 aromatic carbocycles. The van der Waals surface area contributed by atoms with Gasteiger partial charge in [0.1, 0.15) is 5.75 Å². The Morgan fingerprint density at radius 2 is 1.80 bits per heavy atom. The number of halogens is 1. The summed E-state index contributed by atoms with van der Waals surface area (Å²) in [6.07, 6.45) is 3.19. The first-order valence-electron chi connectivity index (χ1n) is 7.57. The van der Waals surface area contributed by atoms with Gasteiger partial charge in [0.15, 0.2) is 0 Å². The van der Waals surface area contributed by atoms with Crippen LogP contribution in [0.4, 0.5) is 17.1 Å². The van der Waals surface area contributed by atoms with Crippen molar-refractivity contribution in [3.05, 3.63) is 77.0 Å². The molecule has 0 radical (unpaired) electrons. The molecule has 0 saturated heterocycles. The Hall–Kier alpha value is -2.86. The molecular weight excluding hydrogens is 382 g/mol. The Morgan fingerprint density at radius 3 is 2.60 bits per heavy atom. The molecule has 25 heavy (non-hydrogen) atoms. The lowest BCUT2D eigenvalue weighted by atomic mass is 10.2. The van der Waals surface area contributed by atoms with Crippen molar-refractivity contribution < 1.29 is 9.53 Å². The van der Waals surface area contributed by atoms with Crippen LogP contribution < -0.4 is 15.4 Å². The minimum Gasteiger partial charge on any atom is -0.497 e. The van der Waals surface area contributed by atoms with E-state index in [1.54, 1.807) is 19.4 Å². The number of hydrogen-bond donors (Lipinski definition) is 2. The minimum atomic E-state index is -0.222. The maximum atomic E-state index is 12.4. The summed E-state index contributed by atoms with van der Waals surface area (Å²) >= 11 is 3.38. The second-order valence-electron chi connectivity index (χ2n) is 5.28. The first-order valence-corrected chi connectivity index (χ1v) is 8.36. The summed E-state index contributed by atoms with van der Waals surface area (Å²) in [7, 11) is 1.62. The van der Waals surface area contributed by atoms with E-state index < -0.39 is 0 Å². The van der Waals surface area contributed by atoms with Crippen molar-refractivity contribution >= 4 is 38.9 Å². The number of carbonyl (C=O) groups is 1. The van der Waals surface area contributed by atoms with E-state index in [1.165, 1.54) is 6.20 Å². The number of carbonyl (C=O) groups excluding carboxylic acids is 1. The van der Waals surface area contributed by atoms with Gasteiger partial charge in [0.05, 0.1) is 24.6 Å². The number of rotatable bonds is 5. The topological polar surface area (TPSA) is 63.2 Å². The molecule has 6 heteroatoms. The molecule has 5 nitrogen and oxygen atoms in total. The Kier molecular flexibility index (Phi) is 5.30. The van der Waals surface area contributed by atoms with Crippen LogP contribution >= 0.6 is 15.9 Å². The van der Waals surface area contributed by atoms with Crippen LogP contribution in [0.5, 0.6) is 5.75 Å². The van der Waals surface area contributed by atoms with E-state index in [-0.39, 0.29) is 5.91 Å². The molecule has 0 aliphatic rings. The summed E-state index contributed by atoms with van der Waals surface area (Å²) in [6.45, 7) is 0. The molecule has 0 unspecified atom stereocenters. The van der Waals surface area contributed by atoms with Crippen molar-refractivity contribution in [3.8, 4) is 5.75 Å². The molecule has 2 N–H and O–H groups in total. The van der Waals surface area contributed by atoms with Crippen LogP contribution in [0, 0.1) is 0 Å². The van der Waals surface area contributed by atoms with E-state index >= 15 is 0 Å². The summed E-state index contributed by atoms with van der Waals surface area (Å²) in [4.78, 5) is 16.6. The number of nitrogens with one attached hydrogen (secondary N) is 2. The SMILES string of the molecule is COc1cccc(Nc2cncc(C(=O)Nc3cccc(Br)c3)c2)c1. The second-order valence-corrected chi connectivity index (χ2v) is 6.20. The van der Waals surface area contributed by atoms with E-state index in [9.17, 15) is 4.79 Å². The van der Waals surface area contributed by atoms with Crippen LogP contribution in [-0.2, 0) is 0 Å². The van der Waals surface area contributed by atoms with Gasteiger partial charge in [-0.15, -0.1) is 0 Å². The maximum absolute atomic E-state index is 12.4. The third-order valence-corrected chi connectivity index (χ3v) is 3.93. The number of amides is 1. The van der Waals surface area contributed by atoms with Crippen LogP contribution in [-0.4, -0.2) is 18.0 Å². The molecule has 0 aliphatic carbocycles. The van der Waals surface area contributed by atoms with Crippen LogP contribution in [0.25, 0.3) is 0 Å². The summed E-state index contributed by atoms with van der Waals surface area (Å²) in [5.74, 6) is 0.529. The summed E-state index contributed by atoms with van der Waals surface area (Å²) in [5.41, 5.74) is 2.75. The molecule has 1 amide bonds. The first-order chi connectivity index (χ1) is 12.1. The summed E-state index contributed by atoms with van der Waals surface area (Å²) in [5, 5.41) is 6.07. The number of aromatic nitrogens is 1. The third kappa shape index (κ3) is 4.58. The average Bonchev–Trinajstić information content (AvgIpc) is 2.62. The number of pyridine rings is 1. The minimum absolute atomic E-state index is 0.222. The molecular formula is C19H16BrN3O2. The quantitative estimate of drug-likeness (QED) is 0.645. The van der Waals surface area contributed by atoms with E-state index in [0.717, 1.165) is 21.6 Å². The van der Waals surface area contributed by atoms with Gasteiger partial charge < -0.3 is 15.4 Å². The van der Waals surface area contributed by atoms with Crippen LogP contribution in [0.1, 0.15) is 10.4 Å². The smallest absolute Gasteiger partial charge is 0.257 e. The molecule has 1 aromatic heterocycles. The Bertz CT molecular complexity index is 899. The molecule has 0 aliphatic heterocycles. The molecule has 0 atom stereocenters. The van der Waals surface area contributed by atoms with Gasteiger partial charge in [-0.25, -0.2) is 0 Å². The molecule has 0 saturated carbocycles. The lowest BCUT2D eigenvalue weighted by molar-refractivity contribution is 0.102. The van der Waals surface area contributed by atoms with Gasteiger partial charge >= 0.3 is 0 Å². The van der Waals surface area contributed by atoms with Crippen molar-refractivity contribution in [1.82, 2.24) is 4.98 Å². The fourth-order valence-corrected chi connectivity index (χ4v) is 2.67. The van der Waals surface area contributed by atoms with Crippen LogP contribution in [0.2, 0.25) is 0 Å². The zero-order chi connectivity index (χ0) is 17.6. The van der Waals surface area contributed by atoms with Gasteiger partial charge in [-0.05, 0) is 36.4 Å². The lowest BCUT2D eigenvalue weighted by Gasteiger charge is -2.10. The van der Waals surface area contributed by atoms with Crippen molar-refractivity contribution in [2.24, 2.45) is 0 Å². The predicted octanol–water partition coefficient (Wildman–Crippen LogP) is 4.85. The highest BCUT2D eigenvalue weighted by Gasteiger charge is 2.08. The number of methoxy groups -OCH3 is 1. The number of benzene rings is 2. The van der Waals surface area contributed by atoms with E-state index in [2.05, 4.69) is 31.5 Å². The predicted molar refractivity (Wildman–Crippen MR) is 103 cm³/mol. The van der Waals surface area contributed by atoms with E-state index in [0.29, 0.717) is 11.3 Å². The fraction of sp³-hybridized carbons (Fsp3) is 0.0526. The number of nitrogens with zero attached hydrogens (tertiary/aromatic N) is 1. The highest BCUT2D eigenvalue weighted by atomic mass is 79.9. The first kappa shape index (κ1) is 17.0. The van der Waals surface area contributed by atoms with E-state index in [4.69, 9.17) is 4.74 Å². The number of anilines is 3. The van der Waals surface area contributed by atoms with Crippen molar-refractivity contribution in [1.29, 1.82) is 0 Å². The molecule has 3 rings (SSSR count). The second kappa shape index (κ2) is 7.81. The molecule has 126 valence electrons. The zero-order valence-electron chi connectivity index (χ0n) is 13.5. The molecule has 0 fully saturated rings. The molecule has 0 spiro atoms. The van der Waals surface area contributed by atoms with Gasteiger partial charge in [-0.1, -0.05) is 28.1 Å². The largest absolute Gasteiger partial charge is 0.497 e. The maximum Gasteiger partial charge on any atom is 0.257 e. The van der Waals surface area contributed by atoms with Gasteiger partial charge in [0.25, 0.3) is 5.91 Å². The van der Waals surface area contributed by atoms with E-state index in [1.807, 2.05) is 48.5 Å². The van der Waals surface area contributed by atoms with Gasteiger partial charge in [-0.2, -0.15) is 0 Å². The van der Waals surface area contributed by atoms with Crippen molar-refractivity contribution in [3.63, 3.8) is 0 Å². The molecule has 1 heterocycles. The Labute approximate surface area is 154 Å². The zero-order valence-corrected chi connectivity index (χ0v) is 15.1. The monoisotopic (exact) mass is 397 g/mol. The van der Waals surface area contributed by atoms with Gasteiger partial charge in [0.2, 0.25) is 0 Å². The molecule has 0 bridgehead atoms. The summed E-state index contributed by atoms with van der Waals surface area (Å²) < 4.78 is 6.11. The molecule has 3 aromatic rings. The lowest BCUT2D eigenvalue weighted by Crippen LogP contribution is -2.12. The number of hydrogen-bond acceptors (Lipinski definition) is 4. The van der Waals surface area contributed by atoms with Crippen LogP contribution in [0.3, 0.4) is 0 Å².